The Kier molecular flexibility index (Phi) is 4.07. The van der Waals surface area contributed by atoms with E-state index in [0.717, 1.165) is 35.5 Å². The van der Waals surface area contributed by atoms with Crippen LogP contribution in [0.25, 0.3) is 0 Å². The van der Waals surface area contributed by atoms with Crippen LogP contribution >= 0.6 is 27.3 Å². The minimum atomic E-state index is 0.175. The molecule has 2 aliphatic rings. The number of nitrogens with one attached hydrogen (secondary N) is 1. The molecule has 5 heteroatoms. The maximum Gasteiger partial charge on any atom is 0.122 e. The summed E-state index contributed by atoms with van der Waals surface area (Å²) in [5.41, 5.74) is 1.56. The van der Waals surface area contributed by atoms with Crippen LogP contribution in [0, 0.1) is 0 Å². The van der Waals surface area contributed by atoms with Crippen molar-refractivity contribution in [2.24, 2.45) is 0 Å². The maximum absolute atomic E-state index is 5.71. The van der Waals surface area contributed by atoms with Crippen molar-refractivity contribution < 1.29 is 4.74 Å². The van der Waals surface area contributed by atoms with Crippen molar-refractivity contribution in [2.75, 3.05) is 6.61 Å². The predicted molar refractivity (Wildman–Crippen MR) is 91.9 cm³/mol. The zero-order chi connectivity index (χ0) is 15.0. The van der Waals surface area contributed by atoms with E-state index in [4.69, 9.17) is 4.74 Å². The van der Waals surface area contributed by atoms with Gasteiger partial charge in [-0.2, -0.15) is 0 Å². The second kappa shape index (κ2) is 6.04. The fraction of sp³-hybridized carbons (Fsp3) is 0.471. The lowest BCUT2D eigenvalue weighted by Gasteiger charge is -2.17. The van der Waals surface area contributed by atoms with Crippen molar-refractivity contribution >= 4 is 27.3 Å². The third kappa shape index (κ3) is 3.00. The fourth-order valence-corrected chi connectivity index (χ4v) is 4.25. The Morgan fingerprint density at radius 3 is 2.82 bits per heavy atom. The number of halogens is 1. The number of rotatable bonds is 5. The molecule has 1 N–H and O–H groups in total. The van der Waals surface area contributed by atoms with Crippen molar-refractivity contribution in [3.05, 3.63) is 50.4 Å². The molecule has 1 aromatic heterocycles. The van der Waals surface area contributed by atoms with Crippen LogP contribution in [0.2, 0.25) is 0 Å². The molecule has 1 saturated heterocycles. The summed E-state index contributed by atoms with van der Waals surface area (Å²) in [5, 5.41) is 4.88. The quantitative estimate of drug-likeness (QED) is 0.829. The van der Waals surface area contributed by atoms with Gasteiger partial charge in [0.25, 0.3) is 0 Å². The highest BCUT2D eigenvalue weighted by Crippen LogP contribution is 2.46. The molecular weight excluding hydrogens is 360 g/mol. The number of hydrogen-bond acceptors (Lipinski definition) is 4. The van der Waals surface area contributed by atoms with Gasteiger partial charge in [0, 0.05) is 34.2 Å². The summed E-state index contributed by atoms with van der Waals surface area (Å²) < 4.78 is 6.85. The Labute approximate surface area is 143 Å². The molecule has 1 atom stereocenters. The molecule has 22 heavy (non-hydrogen) atoms. The number of ether oxygens (including phenoxy) is 1. The average Bonchev–Trinajstić information content (AvgIpc) is 2.95. The molecule has 116 valence electrons. The second-order valence-electron chi connectivity index (χ2n) is 6.11. The van der Waals surface area contributed by atoms with Crippen LogP contribution in [0.5, 0.6) is 0 Å². The van der Waals surface area contributed by atoms with Gasteiger partial charge in [-0.15, -0.1) is 11.3 Å². The third-order valence-electron chi connectivity index (χ3n) is 4.52. The van der Waals surface area contributed by atoms with Crippen molar-refractivity contribution in [3.8, 4) is 0 Å². The lowest BCUT2D eigenvalue weighted by molar-refractivity contribution is 0.111. The lowest BCUT2D eigenvalue weighted by atomic mass is 10.1. The molecule has 0 radical (unpaired) electrons. The van der Waals surface area contributed by atoms with Crippen LogP contribution in [-0.4, -0.2) is 11.6 Å². The van der Waals surface area contributed by atoms with Gasteiger partial charge in [0.1, 0.15) is 11.1 Å². The standard InChI is InChI=1S/C17H19BrN2OS/c18-13-5-3-12(4-6-13)17(7-8-17)20-11-14-10-19-16(22-14)15-2-1-9-21-15/h3-6,10,15,20H,1-2,7-9,11H2. The van der Waals surface area contributed by atoms with Crippen LogP contribution in [0.1, 0.15) is 47.2 Å². The first-order chi connectivity index (χ1) is 10.8. The molecule has 4 rings (SSSR count). The van der Waals surface area contributed by atoms with Crippen LogP contribution < -0.4 is 5.32 Å². The Morgan fingerprint density at radius 1 is 1.32 bits per heavy atom. The fourth-order valence-electron chi connectivity index (χ4n) is 3.04. The number of hydrogen-bond donors (Lipinski definition) is 1. The smallest absolute Gasteiger partial charge is 0.122 e. The maximum atomic E-state index is 5.71. The molecule has 2 heterocycles. The van der Waals surface area contributed by atoms with Crippen molar-refractivity contribution in [1.29, 1.82) is 0 Å². The number of aromatic nitrogens is 1. The van der Waals surface area contributed by atoms with Crippen molar-refractivity contribution in [1.82, 2.24) is 10.3 Å². The highest BCUT2D eigenvalue weighted by molar-refractivity contribution is 9.10. The number of benzene rings is 1. The SMILES string of the molecule is Brc1ccc(C2(NCc3cnc(C4CCCO4)s3)CC2)cc1. The normalized spacial score (nSPS) is 22.9. The zero-order valence-electron chi connectivity index (χ0n) is 12.3. The molecule has 1 aliphatic heterocycles. The summed E-state index contributed by atoms with van der Waals surface area (Å²) >= 11 is 5.29. The van der Waals surface area contributed by atoms with Gasteiger partial charge in [-0.3, -0.25) is 0 Å². The summed E-state index contributed by atoms with van der Waals surface area (Å²) in [4.78, 5) is 5.85. The molecule has 2 fully saturated rings. The first kappa shape index (κ1) is 14.8. The minimum absolute atomic E-state index is 0.175. The Balaban J connectivity index is 1.41. The predicted octanol–water partition coefficient (Wildman–Crippen LogP) is 4.54. The summed E-state index contributed by atoms with van der Waals surface area (Å²) in [7, 11) is 0. The van der Waals surface area contributed by atoms with Crippen LogP contribution in [0.15, 0.2) is 34.9 Å². The molecule has 0 spiro atoms. The summed E-state index contributed by atoms with van der Waals surface area (Å²) in [6, 6.07) is 8.68. The van der Waals surface area contributed by atoms with E-state index in [9.17, 15) is 0 Å². The van der Waals surface area contributed by atoms with Gasteiger partial charge in [-0.05, 0) is 43.4 Å². The van der Waals surface area contributed by atoms with Crippen LogP contribution in [0.3, 0.4) is 0 Å². The molecule has 0 amide bonds. The van der Waals surface area contributed by atoms with E-state index in [1.807, 2.05) is 6.20 Å². The second-order valence-corrected chi connectivity index (χ2v) is 8.17. The Hall–Kier alpha value is -0.750. The van der Waals surface area contributed by atoms with E-state index in [-0.39, 0.29) is 11.6 Å². The first-order valence-electron chi connectivity index (χ1n) is 7.82. The topological polar surface area (TPSA) is 34.2 Å². The molecule has 1 aliphatic carbocycles. The van der Waals surface area contributed by atoms with Gasteiger partial charge < -0.3 is 10.1 Å². The van der Waals surface area contributed by atoms with Gasteiger partial charge >= 0.3 is 0 Å². The van der Waals surface area contributed by atoms with E-state index in [1.165, 1.54) is 23.3 Å². The lowest BCUT2D eigenvalue weighted by Crippen LogP contribution is -2.27. The number of nitrogens with zero attached hydrogens (tertiary/aromatic N) is 1. The molecule has 1 aromatic carbocycles. The Bertz CT molecular complexity index is 645. The van der Waals surface area contributed by atoms with Gasteiger partial charge in [-0.25, -0.2) is 4.98 Å². The van der Waals surface area contributed by atoms with Gasteiger partial charge in [0.05, 0.1) is 0 Å². The highest BCUT2D eigenvalue weighted by atomic mass is 79.9. The van der Waals surface area contributed by atoms with Gasteiger partial charge in [0.2, 0.25) is 0 Å². The molecule has 2 aromatic rings. The highest BCUT2D eigenvalue weighted by Gasteiger charge is 2.43. The largest absolute Gasteiger partial charge is 0.371 e. The van der Waals surface area contributed by atoms with Crippen molar-refractivity contribution in [2.45, 2.75) is 43.9 Å². The van der Waals surface area contributed by atoms with E-state index in [2.05, 4.69) is 50.5 Å². The minimum Gasteiger partial charge on any atom is -0.371 e. The van der Waals surface area contributed by atoms with E-state index in [1.54, 1.807) is 11.3 Å². The van der Waals surface area contributed by atoms with Gasteiger partial charge in [-0.1, -0.05) is 28.1 Å². The monoisotopic (exact) mass is 378 g/mol. The zero-order valence-corrected chi connectivity index (χ0v) is 14.8. The average molecular weight is 379 g/mol. The van der Waals surface area contributed by atoms with E-state index < -0.39 is 0 Å². The van der Waals surface area contributed by atoms with Crippen molar-refractivity contribution in [3.63, 3.8) is 0 Å². The molecular formula is C17H19BrN2OS. The first-order valence-corrected chi connectivity index (χ1v) is 9.43. The van der Waals surface area contributed by atoms with E-state index in [0.29, 0.717) is 0 Å². The molecule has 1 saturated carbocycles. The molecule has 1 unspecified atom stereocenters. The third-order valence-corrected chi connectivity index (χ3v) is 6.14. The molecule has 3 nitrogen and oxygen atoms in total. The molecule has 0 bridgehead atoms. The van der Waals surface area contributed by atoms with Gasteiger partial charge in [0.15, 0.2) is 0 Å². The summed E-state index contributed by atoms with van der Waals surface area (Å²) in [6.07, 6.45) is 6.94. The number of thiazole rings is 1. The van der Waals surface area contributed by atoms with Crippen LogP contribution in [0.4, 0.5) is 0 Å². The Morgan fingerprint density at radius 2 is 2.14 bits per heavy atom. The van der Waals surface area contributed by atoms with Crippen LogP contribution in [-0.2, 0) is 16.8 Å². The van der Waals surface area contributed by atoms with E-state index >= 15 is 0 Å². The summed E-state index contributed by atoms with van der Waals surface area (Å²) in [6.45, 7) is 1.77. The summed E-state index contributed by atoms with van der Waals surface area (Å²) in [5.74, 6) is 0.